The molecule has 0 spiro atoms. The molecule has 0 aromatic heterocycles. The maximum absolute atomic E-state index is 12.4. The molecule has 2 aromatic carbocycles. The van der Waals surface area contributed by atoms with E-state index in [1.54, 1.807) is 0 Å². The third kappa shape index (κ3) is 4.76. The van der Waals surface area contributed by atoms with Gasteiger partial charge in [-0.05, 0) is 23.8 Å². The third-order valence-corrected chi connectivity index (χ3v) is 4.18. The standard InChI is InChI=1S/C14H10F3N3O4S/c15-14(16,17)11-6-4-10(5-7-11)9-18-19-25(23,24)13-3-1-2-12(8-13)20(21)22/h1-9,19H/b18-9+. The van der Waals surface area contributed by atoms with Gasteiger partial charge in [-0.1, -0.05) is 18.2 Å². The molecule has 0 aliphatic rings. The molecule has 25 heavy (non-hydrogen) atoms. The van der Waals surface area contributed by atoms with Gasteiger partial charge in [-0.15, -0.1) is 0 Å². The number of alkyl halides is 3. The molecule has 0 saturated heterocycles. The van der Waals surface area contributed by atoms with Crippen molar-refractivity contribution in [2.75, 3.05) is 0 Å². The van der Waals surface area contributed by atoms with E-state index in [0.717, 1.165) is 48.7 Å². The van der Waals surface area contributed by atoms with Crippen LogP contribution < -0.4 is 4.83 Å². The number of rotatable bonds is 5. The van der Waals surface area contributed by atoms with Crippen LogP contribution in [0.25, 0.3) is 0 Å². The average Bonchev–Trinajstić information content (AvgIpc) is 2.54. The minimum Gasteiger partial charge on any atom is -0.258 e. The van der Waals surface area contributed by atoms with Gasteiger partial charge in [-0.3, -0.25) is 10.1 Å². The second-order valence-corrected chi connectivity index (χ2v) is 6.39. The van der Waals surface area contributed by atoms with Gasteiger partial charge < -0.3 is 0 Å². The number of sulfonamides is 1. The Labute approximate surface area is 140 Å². The van der Waals surface area contributed by atoms with E-state index >= 15 is 0 Å². The fourth-order valence-corrected chi connectivity index (χ4v) is 2.58. The summed E-state index contributed by atoms with van der Waals surface area (Å²) in [6.45, 7) is 0. The lowest BCUT2D eigenvalue weighted by molar-refractivity contribution is -0.385. The van der Waals surface area contributed by atoms with Crippen LogP contribution >= 0.6 is 0 Å². The largest absolute Gasteiger partial charge is 0.416 e. The minimum atomic E-state index is -4.47. The van der Waals surface area contributed by atoms with E-state index in [1.165, 1.54) is 6.07 Å². The van der Waals surface area contributed by atoms with Crippen molar-refractivity contribution in [2.24, 2.45) is 5.10 Å². The number of hydrogen-bond donors (Lipinski definition) is 1. The molecule has 1 N–H and O–H groups in total. The van der Waals surface area contributed by atoms with Crippen LogP contribution in [0, 0.1) is 10.1 Å². The molecule has 0 heterocycles. The predicted octanol–water partition coefficient (Wildman–Crippen LogP) is 2.93. The highest BCUT2D eigenvalue weighted by Gasteiger charge is 2.29. The third-order valence-electron chi connectivity index (χ3n) is 2.96. The van der Waals surface area contributed by atoms with E-state index < -0.39 is 32.4 Å². The fourth-order valence-electron chi connectivity index (χ4n) is 1.75. The number of nitro groups is 1. The quantitative estimate of drug-likeness (QED) is 0.495. The van der Waals surface area contributed by atoms with E-state index in [4.69, 9.17) is 0 Å². The molecule has 132 valence electrons. The molecule has 0 aliphatic heterocycles. The number of hydrazone groups is 1. The number of nitrogens with zero attached hydrogens (tertiary/aromatic N) is 2. The predicted molar refractivity (Wildman–Crippen MR) is 82.5 cm³/mol. The average molecular weight is 373 g/mol. The van der Waals surface area contributed by atoms with E-state index in [9.17, 15) is 31.7 Å². The molecule has 0 bridgehead atoms. The van der Waals surface area contributed by atoms with E-state index in [0.29, 0.717) is 0 Å². The Bertz CT molecular complexity index is 910. The van der Waals surface area contributed by atoms with Crippen LogP contribution in [-0.4, -0.2) is 19.6 Å². The summed E-state index contributed by atoms with van der Waals surface area (Å²) in [6.07, 6.45) is -3.46. The number of benzene rings is 2. The van der Waals surface area contributed by atoms with Crippen molar-refractivity contribution in [2.45, 2.75) is 11.1 Å². The van der Waals surface area contributed by atoms with Crippen LogP contribution in [0.15, 0.2) is 58.5 Å². The summed E-state index contributed by atoms with van der Waals surface area (Å²) in [6, 6.07) is 8.23. The number of halogens is 3. The summed E-state index contributed by atoms with van der Waals surface area (Å²) in [5.74, 6) is 0. The first-order chi connectivity index (χ1) is 11.6. The molecule has 7 nitrogen and oxygen atoms in total. The zero-order chi connectivity index (χ0) is 18.7. The SMILES string of the molecule is O=[N+]([O-])c1cccc(S(=O)(=O)N/N=C/c2ccc(C(F)(F)F)cc2)c1. The molecule has 0 radical (unpaired) electrons. The normalized spacial score (nSPS) is 12.3. The van der Waals surface area contributed by atoms with Crippen LogP contribution in [0.3, 0.4) is 0 Å². The second-order valence-electron chi connectivity index (χ2n) is 4.73. The summed E-state index contributed by atoms with van der Waals surface area (Å²) in [5.41, 5.74) is -1.02. The van der Waals surface area contributed by atoms with Crippen LogP contribution in [0.2, 0.25) is 0 Å². The Kier molecular flexibility index (Phi) is 5.07. The van der Waals surface area contributed by atoms with E-state index in [-0.39, 0.29) is 10.5 Å². The van der Waals surface area contributed by atoms with Crippen molar-refractivity contribution in [1.29, 1.82) is 0 Å². The summed E-state index contributed by atoms with van der Waals surface area (Å²) in [5, 5.41) is 14.1. The van der Waals surface area contributed by atoms with Gasteiger partial charge >= 0.3 is 6.18 Å². The van der Waals surface area contributed by atoms with Crippen molar-refractivity contribution in [1.82, 2.24) is 4.83 Å². The number of nitrogens with one attached hydrogen (secondary N) is 1. The second kappa shape index (κ2) is 6.89. The van der Waals surface area contributed by atoms with Gasteiger partial charge in [0.05, 0.1) is 21.6 Å². The van der Waals surface area contributed by atoms with Crippen molar-refractivity contribution >= 4 is 21.9 Å². The molecule has 2 rings (SSSR count). The van der Waals surface area contributed by atoms with Gasteiger partial charge in [0.2, 0.25) is 0 Å². The summed E-state index contributed by atoms with van der Waals surface area (Å²) in [7, 11) is -4.15. The Morgan fingerprint density at radius 2 is 1.76 bits per heavy atom. The molecule has 11 heteroatoms. The zero-order valence-corrected chi connectivity index (χ0v) is 13.1. The topological polar surface area (TPSA) is 102 Å². The Morgan fingerprint density at radius 3 is 2.32 bits per heavy atom. The maximum atomic E-state index is 12.4. The fraction of sp³-hybridized carbons (Fsp3) is 0.0714. The Hall–Kier alpha value is -2.95. The van der Waals surface area contributed by atoms with Crippen molar-refractivity contribution in [3.8, 4) is 0 Å². The van der Waals surface area contributed by atoms with Gasteiger partial charge in [0, 0.05) is 12.1 Å². The molecular weight excluding hydrogens is 363 g/mol. The van der Waals surface area contributed by atoms with Gasteiger partial charge in [-0.2, -0.15) is 26.7 Å². The number of non-ortho nitro benzene ring substituents is 1. The molecule has 0 amide bonds. The monoisotopic (exact) mass is 373 g/mol. The lowest BCUT2D eigenvalue weighted by Gasteiger charge is -2.06. The summed E-state index contributed by atoms with van der Waals surface area (Å²) in [4.78, 5) is 11.4. The highest BCUT2D eigenvalue weighted by Crippen LogP contribution is 2.28. The van der Waals surface area contributed by atoms with Crippen molar-refractivity contribution in [3.05, 3.63) is 69.8 Å². The van der Waals surface area contributed by atoms with Gasteiger partial charge in [0.1, 0.15) is 0 Å². The summed E-state index contributed by atoms with van der Waals surface area (Å²) >= 11 is 0. The first kappa shape index (κ1) is 18.4. The molecule has 2 aromatic rings. The van der Waals surface area contributed by atoms with Gasteiger partial charge in [-0.25, -0.2) is 4.83 Å². The van der Waals surface area contributed by atoms with E-state index in [1.807, 2.05) is 4.83 Å². The van der Waals surface area contributed by atoms with Crippen molar-refractivity contribution in [3.63, 3.8) is 0 Å². The first-order valence-corrected chi connectivity index (χ1v) is 8.04. The highest BCUT2D eigenvalue weighted by atomic mass is 32.2. The highest BCUT2D eigenvalue weighted by molar-refractivity contribution is 7.89. The van der Waals surface area contributed by atoms with Gasteiger partial charge in [0.15, 0.2) is 0 Å². The molecule has 0 saturated carbocycles. The number of hydrogen-bond acceptors (Lipinski definition) is 5. The first-order valence-electron chi connectivity index (χ1n) is 6.56. The zero-order valence-electron chi connectivity index (χ0n) is 12.3. The molecular formula is C14H10F3N3O4S. The Balaban J connectivity index is 2.13. The summed E-state index contributed by atoms with van der Waals surface area (Å²) < 4.78 is 61.3. The smallest absolute Gasteiger partial charge is 0.258 e. The lowest BCUT2D eigenvalue weighted by atomic mass is 10.1. The maximum Gasteiger partial charge on any atom is 0.416 e. The molecule has 0 atom stereocenters. The van der Waals surface area contributed by atoms with E-state index in [2.05, 4.69) is 5.10 Å². The van der Waals surface area contributed by atoms with Crippen LogP contribution in [-0.2, 0) is 16.2 Å². The van der Waals surface area contributed by atoms with Crippen LogP contribution in [0.5, 0.6) is 0 Å². The number of nitro benzene ring substituents is 1. The van der Waals surface area contributed by atoms with Crippen LogP contribution in [0.4, 0.5) is 18.9 Å². The van der Waals surface area contributed by atoms with Gasteiger partial charge in [0.25, 0.3) is 15.7 Å². The Morgan fingerprint density at radius 1 is 1.12 bits per heavy atom. The van der Waals surface area contributed by atoms with Crippen molar-refractivity contribution < 1.29 is 26.5 Å². The minimum absolute atomic E-state index is 0.231. The molecule has 0 aliphatic carbocycles. The lowest BCUT2D eigenvalue weighted by Crippen LogP contribution is -2.18. The van der Waals surface area contributed by atoms with Crippen LogP contribution in [0.1, 0.15) is 11.1 Å². The molecule has 0 fully saturated rings. The molecule has 0 unspecified atom stereocenters.